The number of ketones is 1. The van der Waals surface area contributed by atoms with Crippen LogP contribution in [-0.4, -0.2) is 18.5 Å². The summed E-state index contributed by atoms with van der Waals surface area (Å²) in [5.74, 6) is 0.978. The van der Waals surface area contributed by atoms with Crippen LogP contribution in [0.15, 0.2) is 16.6 Å². The molecule has 66 valence electrons. The van der Waals surface area contributed by atoms with E-state index >= 15 is 0 Å². The molecule has 0 spiro atoms. The lowest BCUT2D eigenvalue weighted by Crippen LogP contribution is -2.16. The molecule has 1 heterocycles. The lowest BCUT2D eigenvalue weighted by molar-refractivity contribution is -0.114. The van der Waals surface area contributed by atoms with Crippen LogP contribution in [0.3, 0.4) is 0 Å². The molecule has 0 bridgehead atoms. The predicted molar refractivity (Wildman–Crippen MR) is 50.5 cm³/mol. The minimum absolute atomic E-state index is 0.169. The molecule has 0 radical (unpaired) electrons. The van der Waals surface area contributed by atoms with Gasteiger partial charge >= 0.3 is 0 Å². The molecule has 0 aliphatic carbocycles. The van der Waals surface area contributed by atoms with Crippen LogP contribution in [0.2, 0.25) is 0 Å². The highest BCUT2D eigenvalue weighted by atomic mass is 16.1. The van der Waals surface area contributed by atoms with Crippen LogP contribution in [0.1, 0.15) is 20.8 Å². The fraction of sp³-hybridized carbons (Fsp3) is 0.600. The second-order valence-electron chi connectivity index (χ2n) is 3.46. The van der Waals surface area contributed by atoms with Crippen molar-refractivity contribution < 1.29 is 4.79 Å². The average Bonchev–Trinajstić information content (AvgIpc) is 2.15. The Labute approximate surface area is 73.4 Å². The first-order chi connectivity index (χ1) is 5.63. The number of rotatable bonds is 1. The third-order valence-corrected chi connectivity index (χ3v) is 2.50. The van der Waals surface area contributed by atoms with Crippen molar-refractivity contribution in [3.05, 3.63) is 11.6 Å². The lowest BCUT2D eigenvalue weighted by Gasteiger charge is -2.17. The SMILES string of the molecule is CC(=O)C1=CC=NCC(C)C1C. The average molecular weight is 165 g/mol. The van der Waals surface area contributed by atoms with Gasteiger partial charge in [-0.2, -0.15) is 0 Å². The molecule has 1 rings (SSSR count). The fourth-order valence-electron chi connectivity index (χ4n) is 1.41. The van der Waals surface area contributed by atoms with Gasteiger partial charge in [0.1, 0.15) is 0 Å². The molecule has 1 aliphatic rings. The Morgan fingerprint density at radius 3 is 2.83 bits per heavy atom. The maximum Gasteiger partial charge on any atom is 0.156 e. The molecule has 0 N–H and O–H groups in total. The first kappa shape index (κ1) is 9.17. The fourth-order valence-corrected chi connectivity index (χ4v) is 1.41. The zero-order valence-corrected chi connectivity index (χ0v) is 7.87. The summed E-state index contributed by atoms with van der Waals surface area (Å²) in [7, 11) is 0. The predicted octanol–water partition coefficient (Wildman–Crippen LogP) is 1.86. The molecule has 0 aromatic heterocycles. The van der Waals surface area contributed by atoms with Crippen LogP contribution in [0.5, 0.6) is 0 Å². The minimum atomic E-state index is 0.169. The number of nitrogens with zero attached hydrogens (tertiary/aromatic N) is 1. The maximum absolute atomic E-state index is 11.2. The van der Waals surface area contributed by atoms with Gasteiger partial charge in [-0.1, -0.05) is 13.8 Å². The molecule has 0 aromatic carbocycles. The monoisotopic (exact) mass is 165 g/mol. The van der Waals surface area contributed by atoms with E-state index in [-0.39, 0.29) is 5.78 Å². The third-order valence-electron chi connectivity index (χ3n) is 2.50. The highest BCUT2D eigenvalue weighted by Crippen LogP contribution is 2.22. The van der Waals surface area contributed by atoms with Crippen molar-refractivity contribution in [1.82, 2.24) is 0 Å². The molecule has 12 heavy (non-hydrogen) atoms. The van der Waals surface area contributed by atoms with Crippen LogP contribution in [0.4, 0.5) is 0 Å². The maximum atomic E-state index is 11.2. The largest absolute Gasteiger partial charge is 0.295 e. The van der Waals surface area contributed by atoms with Crippen molar-refractivity contribution >= 4 is 12.0 Å². The Bertz CT molecular complexity index is 240. The Morgan fingerprint density at radius 2 is 2.25 bits per heavy atom. The smallest absolute Gasteiger partial charge is 0.156 e. The highest BCUT2D eigenvalue weighted by molar-refractivity contribution is 5.97. The van der Waals surface area contributed by atoms with Gasteiger partial charge in [0.25, 0.3) is 0 Å². The van der Waals surface area contributed by atoms with E-state index in [2.05, 4.69) is 18.8 Å². The Morgan fingerprint density at radius 1 is 1.58 bits per heavy atom. The Hall–Kier alpha value is -0.920. The van der Waals surface area contributed by atoms with Gasteiger partial charge in [0.15, 0.2) is 5.78 Å². The quantitative estimate of drug-likeness (QED) is 0.583. The van der Waals surface area contributed by atoms with Crippen LogP contribution in [0.25, 0.3) is 0 Å². The van der Waals surface area contributed by atoms with Crippen LogP contribution in [0, 0.1) is 11.8 Å². The zero-order chi connectivity index (χ0) is 9.14. The molecule has 2 atom stereocenters. The third kappa shape index (κ3) is 1.81. The molecule has 0 saturated heterocycles. The van der Waals surface area contributed by atoms with Gasteiger partial charge in [0.2, 0.25) is 0 Å². The standard InChI is InChI=1S/C10H15NO/c1-7-6-11-5-4-10(8(7)2)9(3)12/h4-5,7-8H,6H2,1-3H3. The van der Waals surface area contributed by atoms with Crippen LogP contribution in [-0.2, 0) is 4.79 Å². The van der Waals surface area contributed by atoms with Crippen LogP contribution >= 0.6 is 0 Å². The molecular weight excluding hydrogens is 150 g/mol. The molecule has 1 aliphatic heterocycles. The van der Waals surface area contributed by atoms with E-state index in [9.17, 15) is 4.79 Å². The summed E-state index contributed by atoms with van der Waals surface area (Å²) in [5.41, 5.74) is 0.906. The van der Waals surface area contributed by atoms with E-state index < -0.39 is 0 Å². The van der Waals surface area contributed by atoms with Crippen molar-refractivity contribution in [2.45, 2.75) is 20.8 Å². The van der Waals surface area contributed by atoms with Gasteiger partial charge in [0, 0.05) is 12.8 Å². The van der Waals surface area contributed by atoms with Crippen molar-refractivity contribution in [1.29, 1.82) is 0 Å². The molecule has 0 amide bonds. The second-order valence-corrected chi connectivity index (χ2v) is 3.46. The number of aliphatic imine (C=N–C) groups is 1. The molecule has 0 saturated carbocycles. The van der Waals surface area contributed by atoms with E-state index in [1.54, 1.807) is 13.1 Å². The summed E-state index contributed by atoms with van der Waals surface area (Å²) in [6, 6.07) is 0. The van der Waals surface area contributed by atoms with Gasteiger partial charge < -0.3 is 0 Å². The summed E-state index contributed by atoms with van der Waals surface area (Å²) in [6.07, 6.45) is 3.59. The summed E-state index contributed by atoms with van der Waals surface area (Å²) < 4.78 is 0. The van der Waals surface area contributed by atoms with Crippen molar-refractivity contribution in [2.24, 2.45) is 16.8 Å². The van der Waals surface area contributed by atoms with Crippen LogP contribution < -0.4 is 0 Å². The van der Waals surface area contributed by atoms with Crippen molar-refractivity contribution in [3.63, 3.8) is 0 Å². The Balaban J connectivity index is 2.88. The zero-order valence-electron chi connectivity index (χ0n) is 7.87. The van der Waals surface area contributed by atoms with Crippen molar-refractivity contribution in [2.75, 3.05) is 6.54 Å². The van der Waals surface area contributed by atoms with Gasteiger partial charge in [-0.3, -0.25) is 9.79 Å². The second kappa shape index (κ2) is 3.65. The number of hydrogen-bond donors (Lipinski definition) is 0. The number of allylic oxidation sites excluding steroid dienone is 2. The number of carbonyl (C=O) groups is 1. The number of carbonyl (C=O) groups excluding carboxylic acids is 1. The molecule has 0 aromatic rings. The van der Waals surface area contributed by atoms with E-state index in [0.717, 1.165) is 12.1 Å². The van der Waals surface area contributed by atoms with Crippen molar-refractivity contribution in [3.8, 4) is 0 Å². The summed E-state index contributed by atoms with van der Waals surface area (Å²) in [5, 5.41) is 0. The first-order valence-corrected chi connectivity index (χ1v) is 4.34. The lowest BCUT2D eigenvalue weighted by atomic mass is 9.87. The summed E-state index contributed by atoms with van der Waals surface area (Å²) in [4.78, 5) is 15.4. The number of hydrogen-bond acceptors (Lipinski definition) is 2. The highest BCUT2D eigenvalue weighted by Gasteiger charge is 2.20. The normalized spacial score (nSPS) is 29.4. The van der Waals surface area contributed by atoms with E-state index in [1.165, 1.54) is 0 Å². The van der Waals surface area contributed by atoms with Gasteiger partial charge in [-0.05, 0) is 30.4 Å². The first-order valence-electron chi connectivity index (χ1n) is 4.34. The van der Waals surface area contributed by atoms with Gasteiger partial charge in [-0.15, -0.1) is 0 Å². The molecule has 0 fully saturated rings. The Kier molecular flexibility index (Phi) is 2.79. The molecule has 2 unspecified atom stereocenters. The van der Waals surface area contributed by atoms with Gasteiger partial charge in [0.05, 0.1) is 0 Å². The number of Topliss-reactive ketones (excluding diaryl/α,β-unsaturated/α-hetero) is 1. The summed E-state index contributed by atoms with van der Waals surface area (Å²) >= 11 is 0. The van der Waals surface area contributed by atoms with Gasteiger partial charge in [-0.25, -0.2) is 0 Å². The molecule has 2 nitrogen and oxygen atoms in total. The molecule has 2 heteroatoms. The summed E-state index contributed by atoms with van der Waals surface area (Å²) in [6.45, 7) is 6.67. The molecular formula is C10H15NO. The van der Waals surface area contributed by atoms with E-state index in [4.69, 9.17) is 0 Å². The van der Waals surface area contributed by atoms with E-state index in [0.29, 0.717) is 11.8 Å². The van der Waals surface area contributed by atoms with E-state index in [1.807, 2.05) is 6.08 Å². The topological polar surface area (TPSA) is 29.4 Å². The minimum Gasteiger partial charge on any atom is -0.295 e.